The first-order valence-electron chi connectivity index (χ1n) is 10.6. The maximum atomic E-state index is 11.8. The number of hydrogen-bond acceptors (Lipinski definition) is 5. The van der Waals surface area contributed by atoms with Gasteiger partial charge in [-0.05, 0) is 40.8 Å². The lowest BCUT2D eigenvalue weighted by Crippen LogP contribution is -2.35. The number of nitriles is 1. The van der Waals surface area contributed by atoms with E-state index in [9.17, 15) is 13.7 Å². The van der Waals surface area contributed by atoms with Crippen LogP contribution in [0.15, 0.2) is 54.6 Å². The van der Waals surface area contributed by atoms with E-state index in [1.165, 1.54) is 10.6 Å². The Bertz CT molecular complexity index is 1350. The minimum Gasteiger partial charge on any atom is -0.489 e. The van der Waals surface area contributed by atoms with Crippen LogP contribution in [-0.2, 0) is 23.0 Å². The Balaban J connectivity index is 1.50. The minimum atomic E-state index is -3.19. The molecule has 3 aromatic carbocycles. The third-order valence-electron chi connectivity index (χ3n) is 5.54. The molecule has 1 aliphatic rings. The van der Waals surface area contributed by atoms with Gasteiger partial charge in [-0.2, -0.15) is 9.57 Å². The second-order valence-electron chi connectivity index (χ2n) is 7.89. The molecule has 0 radical (unpaired) electrons. The molecule has 0 aliphatic carbocycles. The zero-order chi connectivity index (χ0) is 24.3. The summed E-state index contributed by atoms with van der Waals surface area (Å²) in [5, 5.41) is 9.70. The lowest BCUT2D eigenvalue weighted by Gasteiger charge is -2.27. The standard InChI is InChI=1S/C25H22Cl2N2O4S/c1-34(30,31)29-10-8-19-12-18(2-3-20(19)16-29)17-4-6-22(7-5-17)33-23-13-21(15-28)25(24(27)14-23)32-11-9-26/h2-7,12-14H,8-11,16H2,1H3. The zero-order valence-corrected chi connectivity index (χ0v) is 20.8. The maximum absolute atomic E-state index is 11.8. The summed E-state index contributed by atoms with van der Waals surface area (Å²) in [5.74, 6) is 1.60. The van der Waals surface area contributed by atoms with Crippen LogP contribution < -0.4 is 9.47 Å². The van der Waals surface area contributed by atoms with Crippen LogP contribution in [-0.4, -0.2) is 38.0 Å². The Morgan fingerprint density at radius 2 is 1.76 bits per heavy atom. The van der Waals surface area contributed by atoms with Gasteiger partial charge in [0.25, 0.3) is 0 Å². The van der Waals surface area contributed by atoms with Gasteiger partial charge in [-0.1, -0.05) is 41.9 Å². The lowest BCUT2D eigenvalue weighted by atomic mass is 9.95. The van der Waals surface area contributed by atoms with Gasteiger partial charge in [0.1, 0.15) is 24.2 Å². The van der Waals surface area contributed by atoms with E-state index in [0.29, 0.717) is 36.8 Å². The van der Waals surface area contributed by atoms with Crippen molar-refractivity contribution in [2.24, 2.45) is 0 Å². The van der Waals surface area contributed by atoms with Crippen LogP contribution >= 0.6 is 23.2 Å². The van der Waals surface area contributed by atoms with E-state index in [4.69, 9.17) is 32.7 Å². The van der Waals surface area contributed by atoms with Gasteiger partial charge in [-0.3, -0.25) is 0 Å². The monoisotopic (exact) mass is 516 g/mol. The fourth-order valence-corrected chi connectivity index (χ4v) is 4.98. The van der Waals surface area contributed by atoms with Crippen molar-refractivity contribution >= 4 is 33.2 Å². The second-order valence-corrected chi connectivity index (χ2v) is 10.7. The number of sulfonamides is 1. The molecular weight excluding hydrogens is 495 g/mol. The number of hydrogen-bond donors (Lipinski definition) is 0. The zero-order valence-electron chi connectivity index (χ0n) is 18.4. The first-order chi connectivity index (χ1) is 16.3. The fourth-order valence-electron chi connectivity index (χ4n) is 3.84. The maximum Gasteiger partial charge on any atom is 0.211 e. The van der Waals surface area contributed by atoms with Gasteiger partial charge in [-0.15, -0.1) is 11.6 Å². The van der Waals surface area contributed by atoms with E-state index in [0.717, 1.165) is 22.3 Å². The van der Waals surface area contributed by atoms with E-state index < -0.39 is 10.0 Å². The molecule has 0 atom stereocenters. The highest BCUT2D eigenvalue weighted by Gasteiger charge is 2.23. The molecule has 0 fully saturated rings. The summed E-state index contributed by atoms with van der Waals surface area (Å²) < 4.78 is 36.6. The lowest BCUT2D eigenvalue weighted by molar-refractivity contribution is 0.341. The van der Waals surface area contributed by atoms with Crippen molar-refractivity contribution in [2.45, 2.75) is 13.0 Å². The number of fused-ring (bicyclic) bond motifs is 1. The number of rotatable bonds is 7. The molecular formula is C25H22Cl2N2O4S. The Morgan fingerprint density at radius 1 is 1.03 bits per heavy atom. The van der Waals surface area contributed by atoms with Crippen LogP contribution in [0.1, 0.15) is 16.7 Å². The molecule has 6 nitrogen and oxygen atoms in total. The van der Waals surface area contributed by atoms with Crippen LogP contribution in [0.3, 0.4) is 0 Å². The molecule has 1 aliphatic heterocycles. The smallest absolute Gasteiger partial charge is 0.211 e. The molecule has 0 spiro atoms. The van der Waals surface area contributed by atoms with Crippen molar-refractivity contribution in [3.05, 3.63) is 76.3 Å². The van der Waals surface area contributed by atoms with Crippen LogP contribution in [0.5, 0.6) is 17.2 Å². The van der Waals surface area contributed by atoms with E-state index in [1.807, 2.05) is 36.4 Å². The molecule has 0 N–H and O–H groups in total. The average molecular weight is 517 g/mol. The first kappa shape index (κ1) is 24.4. The van der Waals surface area contributed by atoms with Crippen molar-refractivity contribution in [1.29, 1.82) is 5.26 Å². The Morgan fingerprint density at radius 3 is 2.44 bits per heavy atom. The summed E-state index contributed by atoms with van der Waals surface area (Å²) in [7, 11) is -3.19. The van der Waals surface area contributed by atoms with E-state index in [-0.39, 0.29) is 23.1 Å². The van der Waals surface area contributed by atoms with Crippen LogP contribution in [0.4, 0.5) is 0 Å². The van der Waals surface area contributed by atoms with Gasteiger partial charge >= 0.3 is 0 Å². The molecule has 0 amide bonds. The molecule has 3 aromatic rings. The molecule has 1 heterocycles. The number of ether oxygens (including phenoxy) is 2. The van der Waals surface area contributed by atoms with E-state index >= 15 is 0 Å². The summed E-state index contributed by atoms with van der Waals surface area (Å²) in [6, 6.07) is 18.9. The number of halogens is 2. The van der Waals surface area contributed by atoms with Crippen molar-refractivity contribution in [2.75, 3.05) is 25.3 Å². The molecule has 0 unspecified atom stereocenters. The number of benzene rings is 3. The topological polar surface area (TPSA) is 79.6 Å². The number of nitrogens with zero attached hydrogens (tertiary/aromatic N) is 2. The minimum absolute atomic E-state index is 0.246. The van der Waals surface area contributed by atoms with Gasteiger partial charge in [0.05, 0.1) is 22.7 Å². The fraction of sp³-hybridized carbons (Fsp3) is 0.240. The predicted octanol–water partition coefficient (Wildman–Crippen LogP) is 5.61. The average Bonchev–Trinajstić information content (AvgIpc) is 2.82. The molecule has 34 heavy (non-hydrogen) atoms. The van der Waals surface area contributed by atoms with Gasteiger partial charge in [0, 0.05) is 25.2 Å². The second kappa shape index (κ2) is 10.2. The third-order valence-corrected chi connectivity index (χ3v) is 7.22. The SMILES string of the molecule is CS(=O)(=O)N1CCc2cc(-c3ccc(Oc4cc(Cl)c(OCCCl)c(C#N)c4)cc3)ccc2C1. The van der Waals surface area contributed by atoms with Crippen LogP contribution in [0.25, 0.3) is 11.1 Å². The Kier molecular flexibility index (Phi) is 7.34. The van der Waals surface area contributed by atoms with Crippen molar-refractivity contribution in [3.63, 3.8) is 0 Å². The van der Waals surface area contributed by atoms with Crippen LogP contribution in [0.2, 0.25) is 5.02 Å². The third kappa shape index (κ3) is 5.48. The molecule has 4 rings (SSSR count). The summed E-state index contributed by atoms with van der Waals surface area (Å²) in [4.78, 5) is 0. The van der Waals surface area contributed by atoms with Gasteiger partial charge in [-0.25, -0.2) is 8.42 Å². The normalized spacial score (nSPS) is 13.7. The quantitative estimate of drug-likeness (QED) is 0.381. The van der Waals surface area contributed by atoms with E-state index in [1.54, 1.807) is 12.1 Å². The Labute approximate surface area is 209 Å². The molecule has 0 bridgehead atoms. The van der Waals surface area contributed by atoms with Crippen molar-refractivity contribution < 1.29 is 17.9 Å². The highest BCUT2D eigenvalue weighted by molar-refractivity contribution is 7.88. The van der Waals surface area contributed by atoms with Crippen LogP contribution in [0, 0.1) is 11.3 Å². The largest absolute Gasteiger partial charge is 0.489 e. The number of alkyl halides is 1. The first-order valence-corrected chi connectivity index (χ1v) is 13.3. The Hall–Kier alpha value is -2.76. The van der Waals surface area contributed by atoms with Crippen molar-refractivity contribution in [1.82, 2.24) is 4.31 Å². The summed E-state index contributed by atoms with van der Waals surface area (Å²) in [6.45, 7) is 1.14. The molecule has 9 heteroatoms. The molecule has 0 aromatic heterocycles. The molecule has 0 saturated carbocycles. The molecule has 176 valence electrons. The predicted molar refractivity (Wildman–Crippen MR) is 133 cm³/mol. The van der Waals surface area contributed by atoms with Gasteiger partial charge < -0.3 is 9.47 Å². The highest BCUT2D eigenvalue weighted by atomic mass is 35.5. The van der Waals surface area contributed by atoms with Gasteiger partial charge in [0.2, 0.25) is 10.0 Å². The van der Waals surface area contributed by atoms with E-state index in [2.05, 4.69) is 12.1 Å². The summed E-state index contributed by atoms with van der Waals surface area (Å²) in [5.41, 5.74) is 4.53. The summed E-state index contributed by atoms with van der Waals surface area (Å²) in [6.07, 6.45) is 1.93. The molecule has 0 saturated heterocycles. The highest BCUT2D eigenvalue weighted by Crippen LogP contribution is 2.36. The van der Waals surface area contributed by atoms with Crippen molar-refractivity contribution in [3.8, 4) is 34.4 Å². The summed E-state index contributed by atoms with van der Waals surface area (Å²) >= 11 is 11.9. The van der Waals surface area contributed by atoms with Gasteiger partial charge in [0.15, 0.2) is 5.75 Å².